The van der Waals surface area contributed by atoms with Gasteiger partial charge in [0.05, 0.1) is 12.5 Å². The fraction of sp³-hybridized carbons (Fsp3) is 0.533. The molecule has 1 aliphatic carbocycles. The molecule has 0 saturated heterocycles. The molecule has 2 unspecified atom stereocenters. The van der Waals surface area contributed by atoms with Crippen molar-refractivity contribution in [2.75, 3.05) is 20.2 Å². The van der Waals surface area contributed by atoms with E-state index in [0.29, 0.717) is 13.2 Å². The second-order valence-electron chi connectivity index (χ2n) is 5.26. The number of carbonyl (C=O) groups excluding carboxylic acids is 1. The minimum absolute atomic E-state index is 0.00678. The van der Waals surface area contributed by atoms with Crippen LogP contribution < -0.4 is 10.5 Å². The molecule has 1 amide bonds. The lowest BCUT2D eigenvalue weighted by molar-refractivity contribution is -0.134. The van der Waals surface area contributed by atoms with Crippen LogP contribution in [-0.2, 0) is 4.79 Å². The second-order valence-corrected chi connectivity index (χ2v) is 6.18. The number of hydrogen-bond donors (Lipinski definition) is 1. The van der Waals surface area contributed by atoms with Crippen LogP contribution in [0, 0.1) is 5.92 Å². The van der Waals surface area contributed by atoms with E-state index < -0.39 is 0 Å². The van der Waals surface area contributed by atoms with E-state index >= 15 is 0 Å². The summed E-state index contributed by atoms with van der Waals surface area (Å²) >= 11 is 3.38. The molecule has 20 heavy (non-hydrogen) atoms. The highest BCUT2D eigenvalue weighted by Gasteiger charge is 2.31. The normalized spacial score (nSPS) is 21.8. The first-order chi connectivity index (χ1) is 9.58. The summed E-state index contributed by atoms with van der Waals surface area (Å²) in [5, 5.41) is 0. The monoisotopic (exact) mass is 340 g/mol. The minimum Gasteiger partial charge on any atom is -0.492 e. The number of amides is 1. The van der Waals surface area contributed by atoms with Crippen molar-refractivity contribution in [2.45, 2.75) is 25.3 Å². The molecule has 5 heteroatoms. The average Bonchev–Trinajstić information content (AvgIpc) is 2.86. The molecule has 0 radical (unpaired) electrons. The van der Waals surface area contributed by atoms with Crippen LogP contribution >= 0.6 is 15.9 Å². The van der Waals surface area contributed by atoms with Crippen LogP contribution in [0.3, 0.4) is 0 Å². The molecule has 0 spiro atoms. The van der Waals surface area contributed by atoms with Crippen molar-refractivity contribution in [2.24, 2.45) is 11.7 Å². The fourth-order valence-electron chi connectivity index (χ4n) is 2.52. The van der Waals surface area contributed by atoms with Gasteiger partial charge in [0.15, 0.2) is 0 Å². The Morgan fingerprint density at radius 1 is 1.40 bits per heavy atom. The zero-order valence-corrected chi connectivity index (χ0v) is 13.3. The Balaban J connectivity index is 1.75. The standard InChI is InChI=1S/C15H21BrN2O2/c1-18(15(19)13-3-2-4-14(13)17)9-10-20-12-7-5-11(16)6-8-12/h5-8,13-14H,2-4,9-10,17H2,1H3. The van der Waals surface area contributed by atoms with Crippen molar-refractivity contribution in [3.8, 4) is 5.75 Å². The lowest BCUT2D eigenvalue weighted by Gasteiger charge is -2.23. The van der Waals surface area contributed by atoms with Crippen molar-refractivity contribution in [3.63, 3.8) is 0 Å². The first-order valence-electron chi connectivity index (χ1n) is 6.97. The summed E-state index contributed by atoms with van der Waals surface area (Å²) < 4.78 is 6.65. The van der Waals surface area contributed by atoms with Gasteiger partial charge in [-0.25, -0.2) is 0 Å². The van der Waals surface area contributed by atoms with E-state index in [1.807, 2.05) is 31.3 Å². The van der Waals surface area contributed by atoms with Gasteiger partial charge in [-0.15, -0.1) is 0 Å². The van der Waals surface area contributed by atoms with E-state index in [9.17, 15) is 4.79 Å². The van der Waals surface area contributed by atoms with E-state index in [1.165, 1.54) is 0 Å². The summed E-state index contributed by atoms with van der Waals surface area (Å²) in [5.41, 5.74) is 5.97. The Labute approximate surface area is 128 Å². The van der Waals surface area contributed by atoms with Gasteiger partial charge in [-0.05, 0) is 37.1 Å². The molecular weight excluding hydrogens is 320 g/mol. The molecule has 2 atom stereocenters. The molecular formula is C15H21BrN2O2. The second kappa shape index (κ2) is 7.09. The Morgan fingerprint density at radius 3 is 2.70 bits per heavy atom. The molecule has 2 rings (SSSR count). The maximum absolute atomic E-state index is 12.2. The number of rotatable bonds is 5. The third kappa shape index (κ3) is 3.96. The molecule has 110 valence electrons. The lowest BCUT2D eigenvalue weighted by Crippen LogP contribution is -2.41. The quantitative estimate of drug-likeness (QED) is 0.895. The highest BCUT2D eigenvalue weighted by atomic mass is 79.9. The van der Waals surface area contributed by atoms with Gasteiger partial charge in [-0.2, -0.15) is 0 Å². The topological polar surface area (TPSA) is 55.6 Å². The third-order valence-electron chi connectivity index (χ3n) is 3.77. The third-order valence-corrected chi connectivity index (χ3v) is 4.30. The number of carbonyl (C=O) groups is 1. The number of likely N-dealkylation sites (N-methyl/N-ethyl adjacent to an activating group) is 1. The van der Waals surface area contributed by atoms with Crippen LogP contribution in [0.1, 0.15) is 19.3 Å². The molecule has 4 nitrogen and oxygen atoms in total. The van der Waals surface area contributed by atoms with Gasteiger partial charge in [0.25, 0.3) is 0 Å². The van der Waals surface area contributed by atoms with Gasteiger partial charge in [0.2, 0.25) is 5.91 Å². The highest BCUT2D eigenvalue weighted by Crippen LogP contribution is 2.25. The Bertz CT molecular complexity index is 450. The lowest BCUT2D eigenvalue weighted by atomic mass is 10.0. The van der Waals surface area contributed by atoms with E-state index in [0.717, 1.165) is 29.5 Å². The maximum Gasteiger partial charge on any atom is 0.227 e. The number of halogens is 1. The molecule has 0 heterocycles. The molecule has 0 bridgehead atoms. The predicted octanol–water partition coefficient (Wildman–Crippen LogP) is 2.41. The number of hydrogen-bond acceptors (Lipinski definition) is 3. The molecule has 0 aliphatic heterocycles. The summed E-state index contributed by atoms with van der Waals surface area (Å²) in [4.78, 5) is 14.0. The molecule has 2 N–H and O–H groups in total. The average molecular weight is 341 g/mol. The summed E-state index contributed by atoms with van der Waals surface area (Å²) in [5.74, 6) is 0.953. The first-order valence-corrected chi connectivity index (χ1v) is 7.76. The molecule has 1 aromatic rings. The predicted molar refractivity (Wildman–Crippen MR) is 82.6 cm³/mol. The number of nitrogens with two attached hydrogens (primary N) is 1. The zero-order valence-electron chi connectivity index (χ0n) is 11.7. The van der Waals surface area contributed by atoms with Crippen LogP contribution in [0.2, 0.25) is 0 Å². The van der Waals surface area contributed by atoms with Crippen LogP contribution in [0.25, 0.3) is 0 Å². The van der Waals surface area contributed by atoms with Crippen LogP contribution in [-0.4, -0.2) is 37.0 Å². The molecule has 1 fully saturated rings. The van der Waals surface area contributed by atoms with Crippen LogP contribution in [0.15, 0.2) is 28.7 Å². The van der Waals surface area contributed by atoms with Gasteiger partial charge in [0.1, 0.15) is 12.4 Å². The zero-order chi connectivity index (χ0) is 14.5. The summed E-state index contributed by atoms with van der Waals surface area (Å²) in [6.07, 6.45) is 2.93. The van der Waals surface area contributed by atoms with Gasteiger partial charge in [-0.1, -0.05) is 22.4 Å². The largest absolute Gasteiger partial charge is 0.492 e. The summed E-state index contributed by atoms with van der Waals surface area (Å²) in [7, 11) is 1.82. The maximum atomic E-state index is 12.2. The molecule has 1 saturated carbocycles. The smallest absolute Gasteiger partial charge is 0.227 e. The SMILES string of the molecule is CN(CCOc1ccc(Br)cc1)C(=O)C1CCCC1N. The van der Waals surface area contributed by atoms with E-state index in [1.54, 1.807) is 4.90 Å². The van der Waals surface area contributed by atoms with Crippen molar-refractivity contribution in [1.29, 1.82) is 0 Å². The van der Waals surface area contributed by atoms with Gasteiger partial charge < -0.3 is 15.4 Å². The molecule has 0 aromatic heterocycles. The summed E-state index contributed by atoms with van der Waals surface area (Å²) in [6, 6.07) is 7.69. The highest BCUT2D eigenvalue weighted by molar-refractivity contribution is 9.10. The van der Waals surface area contributed by atoms with Gasteiger partial charge >= 0.3 is 0 Å². The molecule has 1 aromatic carbocycles. The van der Waals surface area contributed by atoms with Crippen molar-refractivity contribution in [1.82, 2.24) is 4.90 Å². The van der Waals surface area contributed by atoms with Crippen LogP contribution in [0.5, 0.6) is 5.75 Å². The summed E-state index contributed by atoms with van der Waals surface area (Å²) in [6.45, 7) is 1.07. The van der Waals surface area contributed by atoms with Gasteiger partial charge in [-0.3, -0.25) is 4.79 Å². The first kappa shape index (κ1) is 15.3. The Morgan fingerprint density at radius 2 is 2.10 bits per heavy atom. The van der Waals surface area contributed by atoms with E-state index in [4.69, 9.17) is 10.5 Å². The van der Waals surface area contributed by atoms with Crippen LogP contribution in [0.4, 0.5) is 0 Å². The van der Waals surface area contributed by atoms with E-state index in [2.05, 4.69) is 15.9 Å². The number of nitrogens with zero attached hydrogens (tertiary/aromatic N) is 1. The molecule has 1 aliphatic rings. The van der Waals surface area contributed by atoms with Crippen molar-refractivity contribution < 1.29 is 9.53 Å². The minimum atomic E-state index is -0.00678. The number of benzene rings is 1. The van der Waals surface area contributed by atoms with Crippen molar-refractivity contribution in [3.05, 3.63) is 28.7 Å². The van der Waals surface area contributed by atoms with E-state index in [-0.39, 0.29) is 17.9 Å². The Kier molecular flexibility index (Phi) is 5.43. The number of ether oxygens (including phenoxy) is 1. The van der Waals surface area contributed by atoms with Gasteiger partial charge in [0, 0.05) is 17.6 Å². The Hall–Kier alpha value is -1.07. The van der Waals surface area contributed by atoms with Crippen molar-refractivity contribution >= 4 is 21.8 Å². The fourth-order valence-corrected chi connectivity index (χ4v) is 2.78.